The number of hydrogen-bond acceptors (Lipinski definition) is 11. The molecule has 0 aromatic heterocycles. The second kappa shape index (κ2) is 10.7. The predicted octanol–water partition coefficient (Wildman–Crippen LogP) is -0.614. The number of carboxylic acids is 1. The molecule has 11 nitrogen and oxygen atoms in total. The van der Waals surface area contributed by atoms with Gasteiger partial charge < -0.3 is 25.5 Å². The van der Waals surface area contributed by atoms with Crippen molar-refractivity contribution in [2.75, 3.05) is 26.7 Å². The maximum absolute atomic E-state index is 13.3. The number of aliphatic hydroxyl groups excluding tert-OH is 1. The third-order valence-corrected chi connectivity index (χ3v) is 7.96. The van der Waals surface area contributed by atoms with Crippen molar-refractivity contribution in [3.05, 3.63) is 35.2 Å². The number of nitrogens with two attached hydrogens (primary N) is 1. The van der Waals surface area contributed by atoms with Crippen LogP contribution in [0.15, 0.2) is 40.4 Å². The van der Waals surface area contributed by atoms with E-state index in [0.717, 1.165) is 6.92 Å². The summed E-state index contributed by atoms with van der Waals surface area (Å²) in [4.78, 5) is 31.2. The van der Waals surface area contributed by atoms with E-state index >= 15 is 0 Å². The SMILES string of the molecule is CC(O)C(=O)[O-].CCOC(=O)C(N)(C1(N=O)CC[N+](C)(S)CC1)S(=O)(=O)c1ccccc1. The summed E-state index contributed by atoms with van der Waals surface area (Å²) in [5.74, 6) is -2.60. The first-order chi connectivity index (χ1) is 14.7. The van der Waals surface area contributed by atoms with Crippen molar-refractivity contribution in [3.63, 3.8) is 0 Å². The number of piperidine rings is 1. The molecule has 1 aromatic carbocycles. The molecule has 2 atom stereocenters. The lowest BCUT2D eigenvalue weighted by molar-refractivity contribution is -0.778. The van der Waals surface area contributed by atoms with Crippen LogP contribution >= 0.6 is 12.8 Å². The number of carbonyl (C=O) groups is 2. The Labute approximate surface area is 192 Å². The molecule has 1 aliphatic heterocycles. The number of esters is 1. The number of nitrogens with zero attached hydrogens (tertiary/aromatic N) is 2. The zero-order valence-corrected chi connectivity index (χ0v) is 19.8. The van der Waals surface area contributed by atoms with Crippen molar-refractivity contribution in [3.8, 4) is 0 Å². The van der Waals surface area contributed by atoms with Crippen LogP contribution in [0.2, 0.25) is 0 Å². The van der Waals surface area contributed by atoms with Gasteiger partial charge in [-0.05, 0) is 26.0 Å². The molecule has 0 bridgehead atoms. The van der Waals surface area contributed by atoms with Crippen LogP contribution in [0.1, 0.15) is 26.7 Å². The number of thiol groups is 1. The van der Waals surface area contributed by atoms with Crippen LogP contribution in [0.4, 0.5) is 0 Å². The Balaban J connectivity index is 0.000000751. The molecule has 0 radical (unpaired) electrons. The van der Waals surface area contributed by atoms with Crippen molar-refractivity contribution in [1.82, 2.24) is 0 Å². The van der Waals surface area contributed by atoms with Crippen LogP contribution in [0, 0.1) is 4.91 Å². The number of rotatable bonds is 7. The average molecular weight is 492 g/mol. The highest BCUT2D eigenvalue weighted by molar-refractivity contribution is 7.93. The third kappa shape index (κ3) is 5.64. The zero-order valence-electron chi connectivity index (χ0n) is 18.1. The van der Waals surface area contributed by atoms with E-state index in [1.165, 1.54) is 31.2 Å². The van der Waals surface area contributed by atoms with E-state index in [9.17, 15) is 28.0 Å². The molecule has 1 heterocycles. The van der Waals surface area contributed by atoms with Crippen LogP contribution < -0.4 is 10.8 Å². The number of likely N-dealkylation sites (tertiary alicyclic amines) is 1. The van der Waals surface area contributed by atoms with E-state index < -0.39 is 38.3 Å². The highest BCUT2D eigenvalue weighted by Gasteiger charge is 2.67. The van der Waals surface area contributed by atoms with Gasteiger partial charge in [-0.25, -0.2) is 13.2 Å². The Morgan fingerprint density at radius 1 is 1.34 bits per heavy atom. The summed E-state index contributed by atoms with van der Waals surface area (Å²) in [5.41, 5.74) is 4.42. The van der Waals surface area contributed by atoms with Crippen LogP contribution in [0.3, 0.4) is 0 Å². The van der Waals surface area contributed by atoms with E-state index in [4.69, 9.17) is 15.6 Å². The average Bonchev–Trinajstić information content (AvgIpc) is 2.74. The predicted molar refractivity (Wildman–Crippen MR) is 117 cm³/mol. The molecule has 1 aliphatic rings. The second-order valence-corrected chi connectivity index (χ2v) is 10.8. The van der Waals surface area contributed by atoms with Crippen LogP contribution in [0.25, 0.3) is 0 Å². The van der Waals surface area contributed by atoms with Gasteiger partial charge in [-0.3, -0.25) is 3.89 Å². The summed E-state index contributed by atoms with van der Waals surface area (Å²) < 4.78 is 32.0. The van der Waals surface area contributed by atoms with Gasteiger partial charge in [0.2, 0.25) is 9.84 Å². The first kappa shape index (κ1) is 28.0. The molecular weight excluding hydrogens is 462 g/mol. The minimum Gasteiger partial charge on any atom is -0.547 e. The summed E-state index contributed by atoms with van der Waals surface area (Å²) in [5, 5.41) is 20.4. The highest BCUT2D eigenvalue weighted by atomic mass is 32.2. The fourth-order valence-electron chi connectivity index (χ4n) is 3.19. The van der Waals surface area contributed by atoms with Crippen molar-refractivity contribution >= 4 is 34.6 Å². The van der Waals surface area contributed by atoms with E-state index in [2.05, 4.69) is 18.0 Å². The van der Waals surface area contributed by atoms with E-state index in [1.54, 1.807) is 6.07 Å². The summed E-state index contributed by atoms with van der Waals surface area (Å²) in [7, 11) is -2.63. The Kier molecular flexibility index (Phi) is 9.36. The summed E-state index contributed by atoms with van der Waals surface area (Å²) in [6, 6.07) is 7.33. The number of sulfone groups is 1. The Morgan fingerprint density at radius 2 is 1.81 bits per heavy atom. The minimum atomic E-state index is -4.45. The molecule has 0 saturated carbocycles. The van der Waals surface area contributed by atoms with Gasteiger partial charge in [0.1, 0.15) is 0 Å². The van der Waals surface area contributed by atoms with Crippen LogP contribution in [-0.2, 0) is 24.2 Å². The number of aliphatic hydroxyl groups is 1. The van der Waals surface area contributed by atoms with Gasteiger partial charge in [0, 0.05) is 12.8 Å². The lowest BCUT2D eigenvalue weighted by Crippen LogP contribution is -2.72. The van der Waals surface area contributed by atoms with Gasteiger partial charge in [-0.15, -0.1) is 0 Å². The maximum atomic E-state index is 13.3. The number of ether oxygens (including phenoxy) is 1. The number of quaternary nitrogens is 1. The molecule has 0 amide bonds. The first-order valence-electron chi connectivity index (χ1n) is 9.77. The minimum absolute atomic E-state index is 0.00211. The topological polar surface area (TPSA) is 176 Å². The van der Waals surface area contributed by atoms with Crippen molar-refractivity contribution < 1.29 is 36.8 Å². The molecule has 13 heteroatoms. The lowest BCUT2D eigenvalue weighted by atomic mass is 9.81. The molecule has 1 fully saturated rings. The first-order valence-corrected chi connectivity index (χ1v) is 11.7. The fourth-order valence-corrected chi connectivity index (χ4v) is 5.30. The summed E-state index contributed by atoms with van der Waals surface area (Å²) in [6.07, 6.45) is -1.35. The summed E-state index contributed by atoms with van der Waals surface area (Å²) in [6.45, 7) is 3.26. The molecule has 0 aliphatic carbocycles. The second-order valence-electron chi connectivity index (χ2n) is 7.68. The van der Waals surface area contributed by atoms with Gasteiger partial charge >= 0.3 is 5.97 Å². The fraction of sp³-hybridized carbons (Fsp3) is 0.579. The van der Waals surface area contributed by atoms with Gasteiger partial charge in [-0.2, -0.15) is 4.91 Å². The van der Waals surface area contributed by atoms with E-state index in [0.29, 0.717) is 13.1 Å². The van der Waals surface area contributed by atoms with E-state index in [1.807, 2.05) is 7.05 Å². The maximum Gasteiger partial charge on any atom is 0.345 e. The largest absolute Gasteiger partial charge is 0.547 e. The molecule has 1 aromatic rings. The van der Waals surface area contributed by atoms with Crippen LogP contribution in [0.5, 0.6) is 0 Å². The molecule has 1 saturated heterocycles. The molecule has 0 spiro atoms. The van der Waals surface area contributed by atoms with E-state index in [-0.39, 0.29) is 28.2 Å². The standard InChI is InChI=1S/C16H24N3O5S2.C3H6O3/c1-3-24-14(20)16(17,26(22,23)13-7-5-4-6-8-13)15(18-21)9-11-19(2,25)12-10-15;1-2(4)3(5)6/h4-8,25H,3,9-12,17H2,1-2H3;2,4H,1H3,(H,5,6)/q+1;/p-1. The van der Waals surface area contributed by atoms with Crippen LogP contribution in [-0.4, -0.2) is 72.6 Å². The molecule has 32 heavy (non-hydrogen) atoms. The molecule has 180 valence electrons. The Hall–Kier alpha value is -2.06. The third-order valence-electron chi connectivity index (χ3n) is 5.28. The number of carboxylic acid groups (broad SMARTS) is 1. The highest BCUT2D eigenvalue weighted by Crippen LogP contribution is 2.43. The number of carbonyl (C=O) groups excluding carboxylic acids is 2. The quantitative estimate of drug-likeness (QED) is 0.194. The molecule has 3 N–H and O–H groups in total. The van der Waals surface area contributed by atoms with Gasteiger partial charge in [0.15, 0.2) is 5.54 Å². The van der Waals surface area contributed by atoms with Crippen molar-refractivity contribution in [2.24, 2.45) is 10.9 Å². The summed E-state index contributed by atoms with van der Waals surface area (Å²) >= 11 is 4.45. The lowest BCUT2D eigenvalue weighted by Gasteiger charge is -2.45. The number of nitroso groups, excluding NO2 is 1. The molecule has 2 rings (SSSR count). The van der Waals surface area contributed by atoms with Gasteiger partial charge in [0.05, 0.1) is 56.5 Å². The van der Waals surface area contributed by atoms with Crippen molar-refractivity contribution in [2.45, 2.75) is 48.1 Å². The number of aliphatic carboxylic acids is 1. The van der Waals surface area contributed by atoms with Gasteiger partial charge in [-0.1, -0.05) is 23.4 Å². The zero-order chi connectivity index (χ0) is 24.8. The number of hydrogen-bond donors (Lipinski definition) is 3. The Morgan fingerprint density at radius 3 is 2.19 bits per heavy atom. The van der Waals surface area contributed by atoms with Crippen molar-refractivity contribution in [1.29, 1.82) is 0 Å². The normalized spacial score (nSPS) is 25.9. The number of benzene rings is 1. The molecular formula is C19H29N3O8S2. The molecule has 2 unspecified atom stereocenters. The van der Waals surface area contributed by atoms with Gasteiger partial charge in [0.25, 0.3) is 4.87 Å². The smallest absolute Gasteiger partial charge is 0.345 e. The Bertz CT molecular complexity index is 912. The monoisotopic (exact) mass is 491 g/mol.